The molecule has 0 radical (unpaired) electrons. The SMILES string of the molecule is Cn1cc(-c2cc(OCCC3CC3(F)F)cc(C(F)(F)F)c2)cn1. The molecule has 1 saturated carbocycles. The Morgan fingerprint density at radius 3 is 2.50 bits per heavy atom. The molecule has 1 aromatic heterocycles. The molecule has 0 aliphatic heterocycles. The zero-order chi connectivity index (χ0) is 17.5. The first-order chi connectivity index (χ1) is 11.1. The molecule has 0 amide bonds. The Labute approximate surface area is 135 Å². The Morgan fingerprint density at radius 1 is 1.25 bits per heavy atom. The largest absolute Gasteiger partial charge is 0.494 e. The van der Waals surface area contributed by atoms with Crippen molar-refractivity contribution in [2.24, 2.45) is 13.0 Å². The van der Waals surface area contributed by atoms with Gasteiger partial charge in [-0.3, -0.25) is 4.68 Å². The number of halogens is 5. The molecule has 130 valence electrons. The third-order valence-corrected chi connectivity index (χ3v) is 3.96. The van der Waals surface area contributed by atoms with Crippen molar-refractivity contribution in [1.29, 1.82) is 0 Å². The maximum atomic E-state index is 13.1. The second-order valence-corrected chi connectivity index (χ2v) is 5.95. The van der Waals surface area contributed by atoms with E-state index < -0.39 is 23.6 Å². The van der Waals surface area contributed by atoms with E-state index >= 15 is 0 Å². The molecule has 1 fully saturated rings. The van der Waals surface area contributed by atoms with E-state index in [0.29, 0.717) is 11.1 Å². The summed E-state index contributed by atoms with van der Waals surface area (Å²) in [6, 6.07) is 3.35. The molecule has 1 aliphatic carbocycles. The van der Waals surface area contributed by atoms with Gasteiger partial charge in [0.2, 0.25) is 0 Å². The van der Waals surface area contributed by atoms with Crippen LogP contribution in [-0.2, 0) is 13.2 Å². The molecule has 0 N–H and O–H groups in total. The highest BCUT2D eigenvalue weighted by Gasteiger charge is 2.56. The zero-order valence-electron chi connectivity index (χ0n) is 12.8. The van der Waals surface area contributed by atoms with Crippen molar-refractivity contribution in [2.45, 2.75) is 24.9 Å². The van der Waals surface area contributed by atoms with Crippen molar-refractivity contribution in [3.05, 3.63) is 36.2 Å². The van der Waals surface area contributed by atoms with Crippen LogP contribution >= 0.6 is 0 Å². The van der Waals surface area contributed by atoms with Gasteiger partial charge in [0.05, 0.1) is 18.4 Å². The second-order valence-electron chi connectivity index (χ2n) is 5.95. The van der Waals surface area contributed by atoms with E-state index in [4.69, 9.17) is 4.74 Å². The second kappa shape index (κ2) is 5.75. The molecule has 0 bridgehead atoms. The molecular weight excluding hydrogens is 331 g/mol. The minimum absolute atomic E-state index is 0.00708. The van der Waals surface area contributed by atoms with Gasteiger partial charge in [-0.1, -0.05) is 0 Å². The van der Waals surface area contributed by atoms with Crippen LogP contribution in [0.1, 0.15) is 18.4 Å². The van der Waals surface area contributed by atoms with Gasteiger partial charge in [-0.05, 0) is 30.2 Å². The average molecular weight is 346 g/mol. The van der Waals surface area contributed by atoms with Crippen molar-refractivity contribution in [2.75, 3.05) is 6.61 Å². The van der Waals surface area contributed by atoms with Crippen LogP contribution in [0.4, 0.5) is 22.0 Å². The third kappa shape index (κ3) is 3.68. The van der Waals surface area contributed by atoms with Crippen molar-refractivity contribution in [3.63, 3.8) is 0 Å². The van der Waals surface area contributed by atoms with Crippen LogP contribution in [0.25, 0.3) is 11.1 Å². The normalized spacial score (nSPS) is 19.3. The van der Waals surface area contributed by atoms with Gasteiger partial charge in [0.25, 0.3) is 5.92 Å². The van der Waals surface area contributed by atoms with Gasteiger partial charge in [-0.25, -0.2) is 8.78 Å². The lowest BCUT2D eigenvalue weighted by Crippen LogP contribution is -2.07. The number of alkyl halides is 5. The minimum Gasteiger partial charge on any atom is -0.494 e. The summed E-state index contributed by atoms with van der Waals surface area (Å²) < 4.78 is 71.6. The van der Waals surface area contributed by atoms with Gasteiger partial charge in [0.1, 0.15) is 5.75 Å². The molecule has 2 aromatic rings. The van der Waals surface area contributed by atoms with E-state index in [0.717, 1.165) is 12.1 Å². The minimum atomic E-state index is -4.53. The molecule has 1 atom stereocenters. The molecule has 0 saturated heterocycles. The first-order valence-electron chi connectivity index (χ1n) is 7.37. The van der Waals surface area contributed by atoms with Crippen LogP contribution in [0.5, 0.6) is 5.75 Å². The van der Waals surface area contributed by atoms with Gasteiger partial charge < -0.3 is 4.74 Å². The Kier molecular flexibility index (Phi) is 4.01. The zero-order valence-corrected chi connectivity index (χ0v) is 12.8. The highest BCUT2D eigenvalue weighted by molar-refractivity contribution is 5.65. The lowest BCUT2D eigenvalue weighted by molar-refractivity contribution is -0.137. The van der Waals surface area contributed by atoms with Gasteiger partial charge in [-0.2, -0.15) is 18.3 Å². The van der Waals surface area contributed by atoms with E-state index in [1.54, 1.807) is 13.2 Å². The lowest BCUT2D eigenvalue weighted by Gasteiger charge is -2.13. The number of aryl methyl sites for hydroxylation is 1. The molecule has 1 unspecified atom stereocenters. The van der Waals surface area contributed by atoms with E-state index in [9.17, 15) is 22.0 Å². The molecule has 24 heavy (non-hydrogen) atoms. The standard InChI is InChI=1S/C16H15F5N2O/c1-23-9-11(8-22-23)10-4-13(16(19,20)21)6-14(5-10)24-3-2-12-7-15(12,17)18/h4-6,8-9,12H,2-3,7H2,1H3. The molecule has 1 heterocycles. The van der Waals surface area contributed by atoms with Crippen molar-refractivity contribution < 1.29 is 26.7 Å². The summed E-state index contributed by atoms with van der Waals surface area (Å²) in [7, 11) is 1.66. The highest BCUT2D eigenvalue weighted by atomic mass is 19.4. The first-order valence-corrected chi connectivity index (χ1v) is 7.37. The molecule has 1 aliphatic rings. The Balaban J connectivity index is 1.79. The van der Waals surface area contributed by atoms with Crippen molar-refractivity contribution in [1.82, 2.24) is 9.78 Å². The Morgan fingerprint density at radius 2 is 1.96 bits per heavy atom. The summed E-state index contributed by atoms with van der Waals surface area (Å²) in [5.41, 5.74) is -0.0255. The van der Waals surface area contributed by atoms with Crippen LogP contribution in [0.15, 0.2) is 30.6 Å². The lowest BCUT2D eigenvalue weighted by atomic mass is 10.1. The molecule has 3 rings (SSSR count). The van der Waals surface area contributed by atoms with Gasteiger partial charge >= 0.3 is 6.18 Å². The fourth-order valence-electron chi connectivity index (χ4n) is 2.48. The van der Waals surface area contributed by atoms with Crippen molar-refractivity contribution >= 4 is 0 Å². The highest BCUT2D eigenvalue weighted by Crippen LogP contribution is 2.50. The maximum Gasteiger partial charge on any atom is 0.416 e. The molecule has 8 heteroatoms. The molecule has 0 spiro atoms. The topological polar surface area (TPSA) is 27.1 Å². The van der Waals surface area contributed by atoms with E-state index in [2.05, 4.69) is 5.10 Å². The first kappa shape index (κ1) is 16.7. The number of nitrogens with zero attached hydrogens (tertiary/aromatic N) is 2. The summed E-state index contributed by atoms with van der Waals surface area (Å²) in [4.78, 5) is 0. The number of aromatic nitrogens is 2. The fourth-order valence-corrected chi connectivity index (χ4v) is 2.48. The van der Waals surface area contributed by atoms with Crippen LogP contribution in [0.3, 0.4) is 0 Å². The number of hydrogen-bond donors (Lipinski definition) is 0. The van der Waals surface area contributed by atoms with E-state index in [1.807, 2.05) is 0 Å². The Hall–Kier alpha value is -2.12. The van der Waals surface area contributed by atoms with Crippen LogP contribution in [0, 0.1) is 5.92 Å². The fraction of sp³-hybridized carbons (Fsp3) is 0.438. The maximum absolute atomic E-state index is 13.1. The smallest absolute Gasteiger partial charge is 0.416 e. The average Bonchev–Trinajstić information content (AvgIpc) is 2.89. The Bertz CT molecular complexity index is 738. The molecular formula is C16H15F5N2O. The number of ether oxygens (including phenoxy) is 1. The predicted octanol–water partition coefficient (Wildman–Crippen LogP) is 4.53. The molecule has 1 aromatic carbocycles. The van der Waals surface area contributed by atoms with Gasteiger partial charge in [-0.15, -0.1) is 0 Å². The van der Waals surface area contributed by atoms with Crippen LogP contribution < -0.4 is 4.74 Å². The number of benzene rings is 1. The van der Waals surface area contributed by atoms with E-state index in [-0.39, 0.29) is 25.2 Å². The van der Waals surface area contributed by atoms with E-state index in [1.165, 1.54) is 16.9 Å². The van der Waals surface area contributed by atoms with Crippen molar-refractivity contribution in [3.8, 4) is 16.9 Å². The summed E-state index contributed by atoms with van der Waals surface area (Å²) in [5, 5.41) is 3.94. The summed E-state index contributed by atoms with van der Waals surface area (Å²) in [6.45, 7) is -0.0476. The third-order valence-electron chi connectivity index (χ3n) is 3.96. The monoisotopic (exact) mass is 346 g/mol. The quantitative estimate of drug-likeness (QED) is 0.744. The number of hydrogen-bond acceptors (Lipinski definition) is 2. The van der Waals surface area contributed by atoms with Crippen LogP contribution in [-0.4, -0.2) is 22.3 Å². The summed E-state index contributed by atoms with van der Waals surface area (Å²) in [6.07, 6.45) is -1.56. The predicted molar refractivity (Wildman–Crippen MR) is 76.8 cm³/mol. The number of rotatable bonds is 5. The van der Waals surface area contributed by atoms with Gasteiger partial charge in [0, 0.05) is 31.1 Å². The van der Waals surface area contributed by atoms with Gasteiger partial charge in [0.15, 0.2) is 0 Å². The van der Waals surface area contributed by atoms with Crippen LogP contribution in [0.2, 0.25) is 0 Å². The molecule has 3 nitrogen and oxygen atoms in total. The summed E-state index contributed by atoms with van der Waals surface area (Å²) in [5.74, 6) is -3.38. The summed E-state index contributed by atoms with van der Waals surface area (Å²) >= 11 is 0.